The molecule has 0 heterocycles. The predicted octanol–water partition coefficient (Wildman–Crippen LogP) is 5.31. The van der Waals surface area contributed by atoms with Crippen LogP contribution in [0.2, 0.25) is 15.1 Å². The van der Waals surface area contributed by atoms with E-state index in [-0.39, 0.29) is 45.7 Å². The smallest absolute Gasteiger partial charge is 0.311 e. The molecule has 0 N–H and O–H groups in total. The predicted molar refractivity (Wildman–Crippen MR) is 91.4 cm³/mol. The number of hydrogen-bond acceptors (Lipinski definition) is 4. The Morgan fingerprint density at radius 1 is 1.00 bits per heavy atom. The molecule has 1 rings (SSSR count). The molecular formula is C16H19Cl3O4. The summed E-state index contributed by atoms with van der Waals surface area (Å²) >= 11 is 17.6. The summed E-state index contributed by atoms with van der Waals surface area (Å²) in [6.07, 6.45) is 0.417. The topological polar surface area (TPSA) is 52.6 Å². The summed E-state index contributed by atoms with van der Waals surface area (Å²) in [5, 5.41) is 0.654. The van der Waals surface area contributed by atoms with Gasteiger partial charge in [-0.1, -0.05) is 55.6 Å². The molecule has 128 valence electrons. The third-order valence-electron chi connectivity index (χ3n) is 3.16. The summed E-state index contributed by atoms with van der Waals surface area (Å²) in [6.45, 7) is 5.89. The lowest BCUT2D eigenvalue weighted by atomic mass is 10.1. The van der Waals surface area contributed by atoms with E-state index in [0.717, 1.165) is 6.42 Å². The molecule has 0 bridgehead atoms. The van der Waals surface area contributed by atoms with Gasteiger partial charge in [0.1, 0.15) is 6.10 Å². The van der Waals surface area contributed by atoms with Crippen molar-refractivity contribution in [3.63, 3.8) is 0 Å². The normalized spacial score (nSPS) is 12.1. The Morgan fingerprint density at radius 2 is 1.57 bits per heavy atom. The van der Waals surface area contributed by atoms with Gasteiger partial charge in [-0.3, -0.25) is 9.59 Å². The minimum absolute atomic E-state index is 0.0546. The van der Waals surface area contributed by atoms with Crippen molar-refractivity contribution in [1.82, 2.24) is 0 Å². The van der Waals surface area contributed by atoms with Crippen molar-refractivity contribution in [2.75, 3.05) is 0 Å². The maximum atomic E-state index is 11.8. The Morgan fingerprint density at radius 3 is 2.13 bits per heavy atom. The molecule has 1 atom stereocenters. The SMILES string of the molecule is CCC(OC(=O)CCC(=O)Oc1cc(Cl)c(Cl)cc1Cl)C(C)C. The van der Waals surface area contributed by atoms with E-state index in [1.807, 2.05) is 20.8 Å². The highest BCUT2D eigenvalue weighted by Crippen LogP contribution is 2.34. The van der Waals surface area contributed by atoms with Crippen molar-refractivity contribution in [3.8, 4) is 5.75 Å². The lowest BCUT2D eigenvalue weighted by Gasteiger charge is -2.19. The molecule has 1 aromatic carbocycles. The fraction of sp³-hybridized carbons (Fsp3) is 0.500. The standard InChI is InChI=1S/C16H19Cl3O4/c1-4-13(9(2)3)22-15(20)5-6-16(21)23-14-8-11(18)10(17)7-12(14)19/h7-9,13H,4-6H2,1-3H3. The second-order valence-corrected chi connectivity index (χ2v) is 6.57. The summed E-state index contributed by atoms with van der Waals surface area (Å²) in [4.78, 5) is 23.5. The quantitative estimate of drug-likeness (QED) is 0.365. The molecule has 1 unspecified atom stereocenters. The van der Waals surface area contributed by atoms with Crippen molar-refractivity contribution in [1.29, 1.82) is 0 Å². The van der Waals surface area contributed by atoms with Crippen LogP contribution in [0.4, 0.5) is 0 Å². The first-order valence-electron chi connectivity index (χ1n) is 7.29. The monoisotopic (exact) mass is 380 g/mol. The summed E-state index contributed by atoms with van der Waals surface area (Å²) in [7, 11) is 0. The fourth-order valence-electron chi connectivity index (χ4n) is 1.88. The molecular weight excluding hydrogens is 363 g/mol. The lowest BCUT2D eigenvalue weighted by molar-refractivity contribution is -0.153. The molecule has 4 nitrogen and oxygen atoms in total. The third kappa shape index (κ3) is 6.58. The van der Waals surface area contributed by atoms with Gasteiger partial charge in [0.05, 0.1) is 27.9 Å². The molecule has 0 aliphatic rings. The van der Waals surface area contributed by atoms with E-state index >= 15 is 0 Å². The van der Waals surface area contributed by atoms with Crippen LogP contribution in [0.5, 0.6) is 5.75 Å². The van der Waals surface area contributed by atoms with Crippen molar-refractivity contribution in [2.45, 2.75) is 46.1 Å². The number of carbonyl (C=O) groups is 2. The zero-order valence-corrected chi connectivity index (χ0v) is 15.5. The Labute approximate surface area is 151 Å². The minimum Gasteiger partial charge on any atom is -0.462 e. The highest BCUT2D eigenvalue weighted by atomic mass is 35.5. The molecule has 0 saturated heterocycles. The van der Waals surface area contributed by atoms with Gasteiger partial charge in [-0.05, 0) is 18.4 Å². The van der Waals surface area contributed by atoms with Crippen LogP contribution in [0.1, 0.15) is 40.0 Å². The Balaban J connectivity index is 2.52. The Bertz CT molecular complexity index is 573. The summed E-state index contributed by atoms with van der Waals surface area (Å²) < 4.78 is 10.4. The van der Waals surface area contributed by atoms with Crippen molar-refractivity contribution in [3.05, 3.63) is 27.2 Å². The van der Waals surface area contributed by atoms with E-state index in [2.05, 4.69) is 0 Å². The number of halogens is 3. The zero-order chi connectivity index (χ0) is 17.6. The molecule has 0 aliphatic carbocycles. The van der Waals surface area contributed by atoms with Crippen LogP contribution in [0.25, 0.3) is 0 Å². The summed E-state index contributed by atoms with van der Waals surface area (Å²) in [5.74, 6) is -0.693. The second kappa shape index (κ2) is 9.36. The molecule has 0 amide bonds. The highest BCUT2D eigenvalue weighted by molar-refractivity contribution is 6.43. The number of hydrogen-bond donors (Lipinski definition) is 0. The first-order valence-corrected chi connectivity index (χ1v) is 8.42. The van der Waals surface area contributed by atoms with E-state index in [0.29, 0.717) is 0 Å². The Hall–Kier alpha value is -0.970. The number of carbonyl (C=O) groups excluding carboxylic acids is 2. The van der Waals surface area contributed by atoms with Crippen molar-refractivity contribution >= 4 is 46.7 Å². The first kappa shape index (κ1) is 20.1. The average molecular weight is 382 g/mol. The van der Waals surface area contributed by atoms with Gasteiger partial charge in [-0.15, -0.1) is 0 Å². The molecule has 1 aromatic rings. The second-order valence-electron chi connectivity index (χ2n) is 5.35. The maximum absolute atomic E-state index is 11.8. The van der Waals surface area contributed by atoms with Gasteiger partial charge in [-0.25, -0.2) is 0 Å². The lowest BCUT2D eigenvalue weighted by Crippen LogP contribution is -2.23. The zero-order valence-electron chi connectivity index (χ0n) is 13.2. The molecule has 23 heavy (non-hydrogen) atoms. The van der Waals surface area contributed by atoms with E-state index in [9.17, 15) is 9.59 Å². The van der Waals surface area contributed by atoms with Gasteiger partial charge in [0.2, 0.25) is 0 Å². The van der Waals surface area contributed by atoms with Gasteiger partial charge in [0, 0.05) is 6.07 Å². The minimum atomic E-state index is -0.597. The van der Waals surface area contributed by atoms with Crippen LogP contribution in [-0.2, 0) is 14.3 Å². The molecule has 0 aliphatic heterocycles. The Kier molecular flexibility index (Phi) is 8.17. The van der Waals surface area contributed by atoms with Crippen molar-refractivity contribution < 1.29 is 19.1 Å². The molecule has 0 spiro atoms. The van der Waals surface area contributed by atoms with Crippen LogP contribution in [-0.4, -0.2) is 18.0 Å². The van der Waals surface area contributed by atoms with Crippen LogP contribution < -0.4 is 4.74 Å². The number of rotatable bonds is 7. The number of ether oxygens (including phenoxy) is 2. The molecule has 0 saturated carbocycles. The highest BCUT2D eigenvalue weighted by Gasteiger charge is 2.18. The number of esters is 2. The van der Waals surface area contributed by atoms with E-state index < -0.39 is 11.9 Å². The van der Waals surface area contributed by atoms with Gasteiger partial charge in [0.25, 0.3) is 0 Å². The summed E-state index contributed by atoms with van der Waals surface area (Å²) in [5.41, 5.74) is 0. The molecule has 0 fully saturated rings. The largest absolute Gasteiger partial charge is 0.462 e. The van der Waals surface area contributed by atoms with Gasteiger partial charge < -0.3 is 9.47 Å². The van der Waals surface area contributed by atoms with Crippen LogP contribution in [0.3, 0.4) is 0 Å². The number of benzene rings is 1. The molecule has 0 aromatic heterocycles. The van der Waals surface area contributed by atoms with E-state index in [1.165, 1.54) is 12.1 Å². The van der Waals surface area contributed by atoms with Crippen molar-refractivity contribution in [2.24, 2.45) is 5.92 Å². The average Bonchev–Trinajstić information content (AvgIpc) is 2.47. The van der Waals surface area contributed by atoms with Gasteiger partial charge >= 0.3 is 11.9 Å². The summed E-state index contributed by atoms with van der Waals surface area (Å²) in [6, 6.07) is 2.74. The fourth-order valence-corrected chi connectivity index (χ4v) is 2.45. The van der Waals surface area contributed by atoms with Gasteiger partial charge in [-0.2, -0.15) is 0 Å². The third-order valence-corrected chi connectivity index (χ3v) is 4.18. The first-order chi connectivity index (χ1) is 10.7. The van der Waals surface area contributed by atoms with Crippen LogP contribution in [0, 0.1) is 5.92 Å². The van der Waals surface area contributed by atoms with Crippen LogP contribution in [0.15, 0.2) is 12.1 Å². The van der Waals surface area contributed by atoms with Crippen LogP contribution >= 0.6 is 34.8 Å². The molecule has 7 heteroatoms. The molecule has 0 radical (unpaired) electrons. The maximum Gasteiger partial charge on any atom is 0.311 e. The van der Waals surface area contributed by atoms with E-state index in [1.54, 1.807) is 0 Å². The van der Waals surface area contributed by atoms with E-state index in [4.69, 9.17) is 44.3 Å². The van der Waals surface area contributed by atoms with Gasteiger partial charge in [0.15, 0.2) is 5.75 Å².